The van der Waals surface area contributed by atoms with Crippen molar-refractivity contribution in [1.29, 1.82) is 0 Å². The number of hydrogen-bond acceptors (Lipinski definition) is 4. The number of pyridine rings is 1. The van der Waals surface area contributed by atoms with Crippen molar-refractivity contribution in [2.75, 3.05) is 13.1 Å². The highest BCUT2D eigenvalue weighted by molar-refractivity contribution is 5.98. The van der Waals surface area contributed by atoms with Crippen LogP contribution < -0.4 is 4.74 Å². The molecular formula is C21H18F2N2O3. The maximum Gasteiger partial charge on any atom is 0.253 e. The zero-order valence-corrected chi connectivity index (χ0v) is 14.9. The Bertz CT molecular complexity index is 1010. The van der Waals surface area contributed by atoms with Gasteiger partial charge in [-0.15, -0.1) is 0 Å². The van der Waals surface area contributed by atoms with Crippen LogP contribution in [0, 0.1) is 11.6 Å². The smallest absolute Gasteiger partial charge is 0.253 e. The number of likely N-dealkylation sites (tertiary alicyclic amines) is 1. The molecule has 1 N–H and O–H groups in total. The lowest BCUT2D eigenvalue weighted by atomic mass is 10.0. The van der Waals surface area contributed by atoms with Gasteiger partial charge in [0, 0.05) is 48.3 Å². The van der Waals surface area contributed by atoms with Crippen molar-refractivity contribution < 1.29 is 23.4 Å². The zero-order chi connectivity index (χ0) is 19.7. The van der Waals surface area contributed by atoms with Gasteiger partial charge >= 0.3 is 0 Å². The van der Waals surface area contributed by atoms with E-state index in [4.69, 9.17) is 4.74 Å². The Kier molecular flexibility index (Phi) is 4.92. The van der Waals surface area contributed by atoms with Gasteiger partial charge in [-0.3, -0.25) is 9.78 Å². The van der Waals surface area contributed by atoms with Crippen molar-refractivity contribution >= 4 is 16.8 Å². The van der Waals surface area contributed by atoms with Crippen molar-refractivity contribution in [1.82, 2.24) is 9.88 Å². The summed E-state index contributed by atoms with van der Waals surface area (Å²) in [7, 11) is 0. The number of carbonyl (C=O) groups excluding carboxylic acids is 1. The van der Waals surface area contributed by atoms with Gasteiger partial charge in [-0.25, -0.2) is 8.78 Å². The highest BCUT2D eigenvalue weighted by atomic mass is 19.1. The van der Waals surface area contributed by atoms with E-state index < -0.39 is 23.8 Å². The van der Waals surface area contributed by atoms with E-state index in [1.807, 2.05) is 6.07 Å². The predicted molar refractivity (Wildman–Crippen MR) is 99.0 cm³/mol. The van der Waals surface area contributed by atoms with Crippen molar-refractivity contribution in [3.8, 4) is 5.75 Å². The Balaban J connectivity index is 1.44. The average molecular weight is 384 g/mol. The number of hydrogen-bond donors (Lipinski definition) is 1. The number of piperidine rings is 1. The fourth-order valence-electron chi connectivity index (χ4n) is 3.39. The van der Waals surface area contributed by atoms with E-state index in [2.05, 4.69) is 4.98 Å². The van der Waals surface area contributed by atoms with Gasteiger partial charge in [-0.05, 0) is 24.3 Å². The van der Waals surface area contributed by atoms with Crippen LogP contribution in [0.1, 0.15) is 16.8 Å². The molecule has 1 aliphatic heterocycles. The minimum Gasteiger partial charge on any atom is -0.487 e. The molecule has 1 aromatic heterocycles. The monoisotopic (exact) mass is 384 g/mol. The summed E-state index contributed by atoms with van der Waals surface area (Å²) in [5, 5.41) is 11.3. The highest BCUT2D eigenvalue weighted by Crippen LogP contribution is 2.23. The lowest BCUT2D eigenvalue weighted by molar-refractivity contribution is -0.0200. The number of β-amino-alcohol motifs (C(OH)–C–C–N with tert-alkyl or cyclic N) is 1. The fraction of sp³-hybridized carbons (Fsp3) is 0.238. The summed E-state index contributed by atoms with van der Waals surface area (Å²) in [6, 6.07) is 11.8. The number of carbonyl (C=O) groups is 1. The Morgan fingerprint density at radius 1 is 1.14 bits per heavy atom. The van der Waals surface area contributed by atoms with E-state index in [9.17, 15) is 18.7 Å². The number of ether oxygens (including phenoxy) is 1. The molecule has 2 atom stereocenters. The molecule has 0 spiro atoms. The van der Waals surface area contributed by atoms with Crippen LogP contribution >= 0.6 is 0 Å². The number of benzene rings is 2. The summed E-state index contributed by atoms with van der Waals surface area (Å²) in [6.45, 7) is 0.440. The molecule has 1 saturated heterocycles. The van der Waals surface area contributed by atoms with Crippen LogP contribution in [0.25, 0.3) is 10.9 Å². The maximum atomic E-state index is 13.3. The first-order valence-corrected chi connectivity index (χ1v) is 8.94. The van der Waals surface area contributed by atoms with Gasteiger partial charge in [0.2, 0.25) is 0 Å². The van der Waals surface area contributed by atoms with E-state index in [-0.39, 0.29) is 18.2 Å². The molecule has 0 saturated carbocycles. The number of halogens is 2. The Morgan fingerprint density at radius 3 is 2.68 bits per heavy atom. The molecule has 0 bridgehead atoms. The second-order valence-corrected chi connectivity index (χ2v) is 6.78. The maximum absolute atomic E-state index is 13.3. The van der Waals surface area contributed by atoms with Gasteiger partial charge in [0.15, 0.2) is 0 Å². The van der Waals surface area contributed by atoms with E-state index in [1.54, 1.807) is 35.4 Å². The van der Waals surface area contributed by atoms with Gasteiger partial charge in [0.1, 0.15) is 29.6 Å². The summed E-state index contributed by atoms with van der Waals surface area (Å²) < 4.78 is 32.2. The molecule has 1 aliphatic rings. The van der Waals surface area contributed by atoms with Crippen molar-refractivity contribution in [2.45, 2.75) is 18.6 Å². The standard InChI is InChI=1S/C21H18F2N2O3/c22-15-9-16(23)11-17(10-15)28-20-5-7-25(12-19(20)26)21(27)14-3-4-18-13(8-14)2-1-6-24-18/h1-4,6,8-11,19-20,26H,5,7,12H2/t19-,20-/m1/s1. The largest absolute Gasteiger partial charge is 0.487 e. The summed E-state index contributed by atoms with van der Waals surface area (Å²) in [4.78, 5) is 18.6. The topological polar surface area (TPSA) is 62.7 Å². The normalized spacial score (nSPS) is 19.6. The molecule has 0 unspecified atom stereocenters. The Labute approximate surface area is 160 Å². The molecule has 0 radical (unpaired) electrons. The van der Waals surface area contributed by atoms with Crippen LogP contribution in [-0.4, -0.2) is 46.2 Å². The third-order valence-corrected chi connectivity index (χ3v) is 4.78. The molecular weight excluding hydrogens is 366 g/mol. The van der Waals surface area contributed by atoms with Crippen molar-refractivity contribution in [2.24, 2.45) is 0 Å². The second-order valence-electron chi connectivity index (χ2n) is 6.78. The average Bonchev–Trinajstić information content (AvgIpc) is 2.68. The molecule has 28 heavy (non-hydrogen) atoms. The summed E-state index contributed by atoms with van der Waals surface area (Å²) >= 11 is 0. The molecule has 1 fully saturated rings. The highest BCUT2D eigenvalue weighted by Gasteiger charge is 2.32. The SMILES string of the molecule is O=C(c1ccc2ncccc2c1)N1CC[C@@H](Oc2cc(F)cc(F)c2)[C@H](O)C1. The molecule has 2 heterocycles. The van der Waals surface area contributed by atoms with Crippen LogP contribution in [0.5, 0.6) is 5.75 Å². The number of fused-ring (bicyclic) bond motifs is 1. The Morgan fingerprint density at radius 2 is 1.93 bits per heavy atom. The van der Waals surface area contributed by atoms with Crippen LogP contribution in [-0.2, 0) is 0 Å². The number of aromatic nitrogens is 1. The third kappa shape index (κ3) is 3.80. The molecule has 2 aromatic carbocycles. The summed E-state index contributed by atoms with van der Waals surface area (Å²) in [5.41, 5.74) is 1.31. The van der Waals surface area contributed by atoms with Gasteiger partial charge in [-0.1, -0.05) is 6.07 Å². The van der Waals surface area contributed by atoms with Crippen LogP contribution in [0.2, 0.25) is 0 Å². The van der Waals surface area contributed by atoms with Gasteiger partial charge in [-0.2, -0.15) is 0 Å². The first kappa shape index (κ1) is 18.3. The lowest BCUT2D eigenvalue weighted by Crippen LogP contribution is -2.51. The molecule has 4 rings (SSSR count). The summed E-state index contributed by atoms with van der Waals surface area (Å²) in [5.74, 6) is -1.67. The van der Waals surface area contributed by atoms with Crippen molar-refractivity contribution in [3.63, 3.8) is 0 Å². The summed E-state index contributed by atoms with van der Waals surface area (Å²) in [6.07, 6.45) is 0.424. The number of aliphatic hydroxyl groups excluding tert-OH is 1. The molecule has 144 valence electrons. The number of amides is 1. The third-order valence-electron chi connectivity index (χ3n) is 4.78. The first-order valence-electron chi connectivity index (χ1n) is 8.94. The molecule has 7 heteroatoms. The van der Waals surface area contributed by atoms with Crippen LogP contribution in [0.3, 0.4) is 0 Å². The molecule has 0 aliphatic carbocycles. The van der Waals surface area contributed by atoms with E-state index in [1.165, 1.54) is 0 Å². The minimum atomic E-state index is -0.967. The van der Waals surface area contributed by atoms with Gasteiger partial charge in [0.25, 0.3) is 5.91 Å². The molecule has 5 nitrogen and oxygen atoms in total. The number of nitrogens with zero attached hydrogens (tertiary/aromatic N) is 2. The molecule has 1 amide bonds. The number of aliphatic hydroxyl groups is 1. The predicted octanol–water partition coefficient (Wildman–Crippen LogP) is 3.17. The van der Waals surface area contributed by atoms with Crippen LogP contribution in [0.4, 0.5) is 8.78 Å². The second kappa shape index (κ2) is 7.52. The first-order chi connectivity index (χ1) is 13.5. The molecule has 3 aromatic rings. The minimum absolute atomic E-state index is 0.0170. The fourth-order valence-corrected chi connectivity index (χ4v) is 3.39. The van der Waals surface area contributed by atoms with Gasteiger partial charge in [0.05, 0.1) is 12.1 Å². The van der Waals surface area contributed by atoms with Crippen LogP contribution in [0.15, 0.2) is 54.7 Å². The lowest BCUT2D eigenvalue weighted by Gasteiger charge is -2.36. The Hall–Kier alpha value is -3.06. The van der Waals surface area contributed by atoms with E-state index in [0.717, 1.165) is 29.1 Å². The van der Waals surface area contributed by atoms with Gasteiger partial charge < -0.3 is 14.7 Å². The zero-order valence-electron chi connectivity index (χ0n) is 14.9. The van der Waals surface area contributed by atoms with E-state index in [0.29, 0.717) is 18.5 Å². The van der Waals surface area contributed by atoms with Crippen molar-refractivity contribution in [3.05, 3.63) is 71.9 Å². The van der Waals surface area contributed by atoms with E-state index >= 15 is 0 Å². The number of rotatable bonds is 3. The quantitative estimate of drug-likeness (QED) is 0.754.